The molecule has 1 aromatic rings. The molecular formula is C13H16N4OS. The van der Waals surface area contributed by atoms with E-state index in [1.807, 2.05) is 24.6 Å². The van der Waals surface area contributed by atoms with E-state index in [9.17, 15) is 0 Å². The molecule has 1 aliphatic heterocycles. The standard InChI is InChI=1S/C13H16N4OS/c1-19-13(15-10-14)16-11-2-4-12(5-3-11)17-6-8-18-9-7-17/h2-5H,6-9H2,1H3,(H,15,16). The van der Waals surface area contributed by atoms with E-state index in [2.05, 4.69) is 27.3 Å². The number of morpholine rings is 1. The first-order valence-corrected chi connectivity index (χ1v) is 7.26. The summed E-state index contributed by atoms with van der Waals surface area (Å²) in [5.41, 5.74) is 2.02. The van der Waals surface area contributed by atoms with Crippen molar-refractivity contribution in [2.45, 2.75) is 0 Å². The average molecular weight is 276 g/mol. The maximum absolute atomic E-state index is 8.59. The molecule has 1 fully saturated rings. The molecule has 0 aliphatic carbocycles. The van der Waals surface area contributed by atoms with Crippen molar-refractivity contribution in [2.24, 2.45) is 4.99 Å². The largest absolute Gasteiger partial charge is 0.378 e. The van der Waals surface area contributed by atoms with E-state index >= 15 is 0 Å². The molecule has 0 radical (unpaired) electrons. The van der Waals surface area contributed by atoms with Crippen LogP contribution in [-0.2, 0) is 4.74 Å². The molecule has 0 unspecified atom stereocenters. The average Bonchev–Trinajstić information content (AvgIpc) is 2.48. The Kier molecular flexibility index (Phi) is 5.07. The fourth-order valence-electron chi connectivity index (χ4n) is 1.85. The summed E-state index contributed by atoms with van der Waals surface area (Å²) in [6.45, 7) is 3.41. The number of hydrogen-bond donors (Lipinski definition) is 1. The highest BCUT2D eigenvalue weighted by Crippen LogP contribution is 2.21. The van der Waals surface area contributed by atoms with Gasteiger partial charge >= 0.3 is 0 Å². The molecule has 0 saturated carbocycles. The van der Waals surface area contributed by atoms with E-state index in [0.717, 1.165) is 32.0 Å². The smallest absolute Gasteiger partial charge is 0.183 e. The Morgan fingerprint density at radius 1 is 1.37 bits per heavy atom. The van der Waals surface area contributed by atoms with Gasteiger partial charge in [-0.3, -0.25) is 5.32 Å². The Hall–Kier alpha value is -1.71. The molecule has 1 heterocycles. The molecule has 1 aromatic carbocycles. The van der Waals surface area contributed by atoms with Crippen molar-refractivity contribution in [3.63, 3.8) is 0 Å². The summed E-state index contributed by atoms with van der Waals surface area (Å²) < 4.78 is 5.33. The van der Waals surface area contributed by atoms with Crippen LogP contribution in [0.2, 0.25) is 0 Å². The summed E-state index contributed by atoms with van der Waals surface area (Å²) in [4.78, 5) is 6.65. The minimum Gasteiger partial charge on any atom is -0.378 e. The Bertz CT molecular complexity index is 474. The first kappa shape index (κ1) is 13.7. The van der Waals surface area contributed by atoms with Crippen LogP contribution in [0.25, 0.3) is 0 Å². The SMILES string of the molecule is CSC(=Nc1ccc(N2CCOCC2)cc1)NC#N. The number of amidine groups is 1. The zero-order valence-corrected chi connectivity index (χ0v) is 11.6. The molecule has 0 bridgehead atoms. The van der Waals surface area contributed by atoms with Crippen molar-refractivity contribution >= 4 is 28.3 Å². The summed E-state index contributed by atoms with van der Waals surface area (Å²) >= 11 is 1.41. The van der Waals surface area contributed by atoms with Gasteiger partial charge in [-0.25, -0.2) is 4.99 Å². The number of anilines is 1. The van der Waals surface area contributed by atoms with Crippen LogP contribution < -0.4 is 10.2 Å². The van der Waals surface area contributed by atoms with Gasteiger partial charge in [0.15, 0.2) is 11.4 Å². The van der Waals surface area contributed by atoms with Crippen molar-refractivity contribution in [2.75, 3.05) is 37.5 Å². The monoisotopic (exact) mass is 276 g/mol. The van der Waals surface area contributed by atoms with E-state index in [-0.39, 0.29) is 0 Å². The first-order valence-electron chi connectivity index (χ1n) is 6.04. The third-order valence-electron chi connectivity index (χ3n) is 2.81. The quantitative estimate of drug-likeness (QED) is 0.387. The van der Waals surface area contributed by atoms with Gasteiger partial charge < -0.3 is 9.64 Å². The number of benzene rings is 1. The summed E-state index contributed by atoms with van der Waals surface area (Å²) in [5.74, 6) is 0. The second kappa shape index (κ2) is 7.02. The number of aliphatic imine (C=N–C) groups is 1. The number of nitrogens with one attached hydrogen (secondary N) is 1. The number of nitrogens with zero attached hydrogens (tertiary/aromatic N) is 3. The highest BCUT2D eigenvalue weighted by Gasteiger charge is 2.10. The predicted octanol–water partition coefficient (Wildman–Crippen LogP) is 1.94. The van der Waals surface area contributed by atoms with Crippen molar-refractivity contribution in [1.29, 1.82) is 5.26 Å². The molecule has 1 aliphatic rings. The van der Waals surface area contributed by atoms with Gasteiger partial charge in [-0.1, -0.05) is 11.8 Å². The van der Waals surface area contributed by atoms with Crippen LogP contribution in [0.1, 0.15) is 0 Å². The minimum atomic E-state index is 0.599. The Morgan fingerprint density at radius 2 is 2.05 bits per heavy atom. The second-order valence-corrected chi connectivity index (χ2v) is 4.77. The molecule has 1 saturated heterocycles. The van der Waals surface area contributed by atoms with Crippen molar-refractivity contribution < 1.29 is 4.74 Å². The minimum absolute atomic E-state index is 0.599. The zero-order chi connectivity index (χ0) is 13.5. The highest BCUT2D eigenvalue weighted by molar-refractivity contribution is 8.13. The third kappa shape index (κ3) is 3.88. The lowest BCUT2D eigenvalue weighted by atomic mass is 10.2. The molecule has 6 heteroatoms. The third-order valence-corrected chi connectivity index (χ3v) is 3.39. The van der Waals surface area contributed by atoms with Gasteiger partial charge in [-0.15, -0.1) is 0 Å². The van der Waals surface area contributed by atoms with Crippen LogP contribution in [0, 0.1) is 11.5 Å². The van der Waals surface area contributed by atoms with Gasteiger partial charge in [0.05, 0.1) is 18.9 Å². The van der Waals surface area contributed by atoms with E-state index < -0.39 is 0 Å². The van der Waals surface area contributed by atoms with Gasteiger partial charge in [0, 0.05) is 18.8 Å². The normalized spacial score (nSPS) is 16.0. The molecule has 19 heavy (non-hydrogen) atoms. The molecule has 0 amide bonds. The molecular weight excluding hydrogens is 260 g/mol. The number of rotatable bonds is 2. The number of ether oxygens (including phenoxy) is 1. The first-order chi connectivity index (χ1) is 9.33. The second-order valence-electron chi connectivity index (χ2n) is 3.97. The lowest BCUT2D eigenvalue weighted by Gasteiger charge is -2.28. The van der Waals surface area contributed by atoms with E-state index in [4.69, 9.17) is 10.00 Å². The molecule has 1 N–H and O–H groups in total. The molecule has 0 spiro atoms. The van der Waals surface area contributed by atoms with Crippen LogP contribution >= 0.6 is 11.8 Å². The van der Waals surface area contributed by atoms with E-state index in [1.54, 1.807) is 0 Å². The van der Waals surface area contributed by atoms with Crippen LogP contribution in [0.4, 0.5) is 11.4 Å². The highest BCUT2D eigenvalue weighted by atomic mass is 32.2. The van der Waals surface area contributed by atoms with E-state index in [1.165, 1.54) is 17.4 Å². The van der Waals surface area contributed by atoms with Gasteiger partial charge in [0.1, 0.15) is 0 Å². The zero-order valence-electron chi connectivity index (χ0n) is 10.8. The lowest BCUT2D eigenvalue weighted by Crippen LogP contribution is -2.36. The number of hydrogen-bond acceptors (Lipinski definition) is 5. The number of nitriles is 1. The summed E-state index contributed by atoms with van der Waals surface area (Å²) in [5, 5.41) is 11.7. The summed E-state index contributed by atoms with van der Waals surface area (Å²) in [6.07, 6.45) is 3.76. The molecule has 0 atom stereocenters. The topological polar surface area (TPSA) is 60.6 Å². The van der Waals surface area contributed by atoms with Crippen LogP contribution in [0.15, 0.2) is 29.3 Å². The van der Waals surface area contributed by atoms with Gasteiger partial charge in [-0.05, 0) is 30.5 Å². The molecule has 2 rings (SSSR count). The maximum Gasteiger partial charge on any atom is 0.183 e. The van der Waals surface area contributed by atoms with Crippen molar-refractivity contribution in [3.8, 4) is 6.19 Å². The van der Waals surface area contributed by atoms with Crippen LogP contribution in [0.3, 0.4) is 0 Å². The Labute approximate surface area is 117 Å². The fraction of sp³-hybridized carbons (Fsp3) is 0.385. The molecule has 100 valence electrons. The predicted molar refractivity (Wildman–Crippen MR) is 78.8 cm³/mol. The maximum atomic E-state index is 8.59. The van der Waals surface area contributed by atoms with Crippen LogP contribution in [-0.4, -0.2) is 37.7 Å². The van der Waals surface area contributed by atoms with Crippen LogP contribution in [0.5, 0.6) is 0 Å². The van der Waals surface area contributed by atoms with Gasteiger partial charge in [0.2, 0.25) is 0 Å². The van der Waals surface area contributed by atoms with Crippen molar-refractivity contribution in [3.05, 3.63) is 24.3 Å². The summed E-state index contributed by atoms with van der Waals surface area (Å²) in [6, 6.07) is 8.02. The number of thioether (sulfide) groups is 1. The Balaban J connectivity index is 2.07. The van der Waals surface area contributed by atoms with E-state index in [0.29, 0.717) is 5.17 Å². The lowest BCUT2D eigenvalue weighted by molar-refractivity contribution is 0.122. The molecule has 0 aromatic heterocycles. The van der Waals surface area contributed by atoms with Gasteiger partial charge in [0.25, 0.3) is 0 Å². The molecule has 5 nitrogen and oxygen atoms in total. The fourth-order valence-corrected chi connectivity index (χ4v) is 2.19. The van der Waals surface area contributed by atoms with Crippen molar-refractivity contribution in [1.82, 2.24) is 5.32 Å². The van der Waals surface area contributed by atoms with Gasteiger partial charge in [-0.2, -0.15) is 5.26 Å². The summed E-state index contributed by atoms with van der Waals surface area (Å²) in [7, 11) is 0. The Morgan fingerprint density at radius 3 is 2.63 bits per heavy atom.